The molecule has 0 aromatic heterocycles. The summed E-state index contributed by atoms with van der Waals surface area (Å²) in [5.74, 6) is 0.941. The highest BCUT2D eigenvalue weighted by Gasteiger charge is 2.47. The Labute approximate surface area is 227 Å². The minimum Gasteiger partial charge on any atom is -0.391 e. The minimum atomic E-state index is -0.550. The van der Waals surface area contributed by atoms with Gasteiger partial charge in [0.25, 0.3) is 5.91 Å². The van der Waals surface area contributed by atoms with E-state index in [0.717, 1.165) is 62.0 Å². The third-order valence-corrected chi connectivity index (χ3v) is 8.28. The van der Waals surface area contributed by atoms with Crippen LogP contribution in [0.3, 0.4) is 0 Å². The summed E-state index contributed by atoms with van der Waals surface area (Å²) in [4.78, 5) is 20.5. The summed E-state index contributed by atoms with van der Waals surface area (Å²) >= 11 is 0. The van der Waals surface area contributed by atoms with Gasteiger partial charge in [-0.05, 0) is 87.0 Å². The van der Waals surface area contributed by atoms with Crippen molar-refractivity contribution in [1.29, 1.82) is 0 Å². The van der Waals surface area contributed by atoms with E-state index in [4.69, 9.17) is 4.99 Å². The lowest BCUT2D eigenvalue weighted by Gasteiger charge is -2.50. The van der Waals surface area contributed by atoms with Crippen molar-refractivity contribution in [3.05, 3.63) is 82.6 Å². The van der Waals surface area contributed by atoms with Crippen molar-refractivity contribution in [1.82, 2.24) is 15.5 Å². The summed E-state index contributed by atoms with van der Waals surface area (Å²) in [5.41, 5.74) is 5.53. The van der Waals surface area contributed by atoms with E-state index in [1.165, 1.54) is 23.1 Å². The lowest BCUT2D eigenvalue weighted by Crippen LogP contribution is -2.54. The normalized spacial score (nSPS) is 19.5. The maximum atomic E-state index is 13.6. The summed E-state index contributed by atoms with van der Waals surface area (Å²) in [7, 11) is 1.95. The Morgan fingerprint density at radius 1 is 1.21 bits per heavy atom. The van der Waals surface area contributed by atoms with Gasteiger partial charge in [0.05, 0.1) is 12.1 Å². The van der Waals surface area contributed by atoms with Crippen molar-refractivity contribution in [2.24, 2.45) is 4.99 Å². The van der Waals surface area contributed by atoms with E-state index in [1.807, 2.05) is 30.3 Å². The molecule has 1 atom stereocenters. The Morgan fingerprint density at radius 2 is 2.00 bits per heavy atom. The van der Waals surface area contributed by atoms with Crippen LogP contribution in [0.1, 0.15) is 84.5 Å². The first kappa shape index (κ1) is 26.6. The Kier molecular flexibility index (Phi) is 8.29. The second-order valence-corrected chi connectivity index (χ2v) is 11.2. The SMILES string of the molecule is CC/C=C/NC(=NC1CC1)c1ccc2c(c1)C1(CCC1)CN(CC(O)CCc1ccccc1CNC)C2=O. The molecule has 2 aliphatic carbocycles. The van der Waals surface area contributed by atoms with Crippen molar-refractivity contribution in [3.8, 4) is 0 Å². The molecule has 2 aromatic carbocycles. The Morgan fingerprint density at radius 3 is 2.68 bits per heavy atom. The monoisotopic (exact) mass is 514 g/mol. The number of aliphatic imine (C=N–C) groups is 1. The number of hydrogen-bond donors (Lipinski definition) is 3. The Balaban J connectivity index is 1.32. The topological polar surface area (TPSA) is 77.0 Å². The summed E-state index contributed by atoms with van der Waals surface area (Å²) < 4.78 is 0. The number of carbonyl (C=O) groups excluding carboxylic acids is 1. The van der Waals surface area contributed by atoms with Crippen molar-refractivity contribution < 1.29 is 9.90 Å². The standard InChI is InChI=1S/C32H42N4O2/c1-3-4-18-34-30(35-26-12-13-26)24-11-15-28-29(19-24)32(16-7-17-32)22-36(31(28)38)21-27(37)14-10-23-8-5-6-9-25(23)20-33-2/h4-6,8-9,11,15,18-19,26-27,33,37H,3,7,10,12-14,16-17,20-22H2,1-2H3,(H,34,35)/b18-4+. The Bertz CT molecular complexity index is 1200. The fourth-order valence-corrected chi connectivity index (χ4v) is 5.86. The highest BCUT2D eigenvalue weighted by molar-refractivity contribution is 6.03. The van der Waals surface area contributed by atoms with Crippen molar-refractivity contribution in [2.45, 2.75) is 82.4 Å². The number of fused-ring (bicyclic) bond motifs is 2. The molecule has 3 N–H and O–H groups in total. The first-order chi connectivity index (χ1) is 18.5. The van der Waals surface area contributed by atoms with Crippen LogP contribution in [0.15, 0.2) is 59.7 Å². The van der Waals surface area contributed by atoms with Crippen molar-refractivity contribution in [2.75, 3.05) is 20.1 Å². The van der Waals surface area contributed by atoms with E-state index in [2.05, 4.69) is 54.0 Å². The van der Waals surface area contributed by atoms with Gasteiger partial charge in [0.15, 0.2) is 0 Å². The number of nitrogens with zero attached hydrogens (tertiary/aromatic N) is 2. The van der Waals surface area contributed by atoms with Gasteiger partial charge in [-0.1, -0.05) is 49.8 Å². The number of aliphatic hydroxyl groups is 1. The zero-order chi connectivity index (χ0) is 26.5. The first-order valence-corrected chi connectivity index (χ1v) is 14.4. The number of allylic oxidation sites excluding steroid dienone is 1. The molecule has 202 valence electrons. The summed E-state index contributed by atoms with van der Waals surface area (Å²) in [5, 5.41) is 17.6. The summed E-state index contributed by atoms with van der Waals surface area (Å²) in [6.07, 6.45) is 11.6. The molecule has 2 aromatic rings. The third-order valence-electron chi connectivity index (χ3n) is 8.28. The molecule has 1 heterocycles. The molecule has 6 nitrogen and oxygen atoms in total. The molecule has 0 saturated heterocycles. The van der Waals surface area contributed by atoms with Gasteiger partial charge >= 0.3 is 0 Å². The highest BCUT2D eigenvalue weighted by atomic mass is 16.3. The number of benzene rings is 2. The van der Waals surface area contributed by atoms with Gasteiger partial charge in [-0.3, -0.25) is 9.79 Å². The van der Waals surface area contributed by atoms with Crippen LogP contribution in [0.2, 0.25) is 0 Å². The largest absolute Gasteiger partial charge is 0.391 e. The van der Waals surface area contributed by atoms with Crippen molar-refractivity contribution in [3.63, 3.8) is 0 Å². The molecular formula is C32H42N4O2. The number of amides is 1. The number of carbonyl (C=O) groups is 1. The van der Waals surface area contributed by atoms with E-state index in [1.54, 1.807) is 0 Å². The third kappa shape index (κ3) is 5.87. The van der Waals surface area contributed by atoms with E-state index in [9.17, 15) is 9.90 Å². The predicted octanol–water partition coefficient (Wildman–Crippen LogP) is 4.70. The average Bonchev–Trinajstić information content (AvgIpc) is 3.72. The van der Waals surface area contributed by atoms with Crippen LogP contribution in [0.25, 0.3) is 0 Å². The lowest BCUT2D eigenvalue weighted by atomic mass is 9.61. The quantitative estimate of drug-likeness (QED) is 0.300. The predicted molar refractivity (Wildman–Crippen MR) is 154 cm³/mol. The van der Waals surface area contributed by atoms with Gasteiger partial charge in [-0.2, -0.15) is 0 Å². The number of amidine groups is 1. The van der Waals surface area contributed by atoms with Gasteiger partial charge in [0.1, 0.15) is 5.84 Å². The van der Waals surface area contributed by atoms with E-state index >= 15 is 0 Å². The number of β-amino-alcohol motifs (C(OH)–C–C–N with tert-alkyl or cyclic N) is 1. The lowest BCUT2D eigenvalue weighted by molar-refractivity contribution is 0.0414. The number of hydrogen-bond acceptors (Lipinski definition) is 4. The van der Waals surface area contributed by atoms with Crippen LogP contribution < -0.4 is 10.6 Å². The minimum absolute atomic E-state index is 0.0116. The molecule has 3 aliphatic rings. The molecule has 6 heteroatoms. The molecule has 0 radical (unpaired) electrons. The van der Waals surface area contributed by atoms with Crippen LogP contribution in [0.5, 0.6) is 0 Å². The number of rotatable bonds is 11. The zero-order valence-electron chi connectivity index (χ0n) is 22.9. The van der Waals surface area contributed by atoms with Crippen LogP contribution in [0, 0.1) is 0 Å². The number of aryl methyl sites for hydroxylation is 1. The fourth-order valence-electron chi connectivity index (χ4n) is 5.86. The molecule has 1 amide bonds. The molecular weight excluding hydrogens is 472 g/mol. The highest BCUT2D eigenvalue weighted by Crippen LogP contribution is 2.48. The van der Waals surface area contributed by atoms with Gasteiger partial charge in [0.2, 0.25) is 0 Å². The van der Waals surface area contributed by atoms with E-state index in [0.29, 0.717) is 25.6 Å². The van der Waals surface area contributed by atoms with Gasteiger partial charge < -0.3 is 20.6 Å². The maximum absolute atomic E-state index is 13.6. The molecule has 38 heavy (non-hydrogen) atoms. The van der Waals surface area contributed by atoms with E-state index < -0.39 is 6.10 Å². The Hall–Kier alpha value is -2.96. The molecule has 2 saturated carbocycles. The van der Waals surface area contributed by atoms with Gasteiger partial charge in [-0.15, -0.1) is 0 Å². The smallest absolute Gasteiger partial charge is 0.254 e. The first-order valence-electron chi connectivity index (χ1n) is 14.4. The second-order valence-electron chi connectivity index (χ2n) is 11.2. The van der Waals surface area contributed by atoms with Crippen molar-refractivity contribution >= 4 is 11.7 Å². The zero-order valence-corrected chi connectivity index (χ0v) is 22.9. The maximum Gasteiger partial charge on any atom is 0.254 e. The molecule has 1 aliphatic heterocycles. The summed E-state index contributed by atoms with van der Waals surface area (Å²) in [6, 6.07) is 15.0. The van der Waals surface area contributed by atoms with Gasteiger partial charge in [-0.25, -0.2) is 0 Å². The molecule has 2 fully saturated rings. The van der Waals surface area contributed by atoms with Crippen LogP contribution in [-0.2, 0) is 18.4 Å². The van der Waals surface area contributed by atoms with Crippen LogP contribution in [0.4, 0.5) is 0 Å². The fraction of sp³-hybridized carbons (Fsp3) is 0.500. The van der Waals surface area contributed by atoms with E-state index in [-0.39, 0.29) is 11.3 Å². The molecule has 1 spiro atoms. The number of nitrogens with one attached hydrogen (secondary N) is 2. The summed E-state index contributed by atoms with van der Waals surface area (Å²) in [6.45, 7) is 4.00. The van der Waals surface area contributed by atoms with Crippen LogP contribution in [-0.4, -0.2) is 54.0 Å². The molecule has 1 unspecified atom stereocenters. The second kappa shape index (κ2) is 11.8. The van der Waals surface area contributed by atoms with Gasteiger partial charge in [0, 0.05) is 36.2 Å². The molecule has 0 bridgehead atoms. The average molecular weight is 515 g/mol. The van der Waals surface area contributed by atoms with Crippen LogP contribution >= 0.6 is 0 Å². The molecule has 5 rings (SSSR count). The number of aliphatic hydroxyl groups excluding tert-OH is 1.